The van der Waals surface area contributed by atoms with Crippen molar-refractivity contribution in [3.8, 4) is 0 Å². The van der Waals surface area contributed by atoms with Crippen molar-refractivity contribution in [3.63, 3.8) is 0 Å². The van der Waals surface area contributed by atoms with Crippen LogP contribution in [0.3, 0.4) is 0 Å². The molecule has 0 unspecified atom stereocenters. The van der Waals surface area contributed by atoms with Gasteiger partial charge in [0.1, 0.15) is 12.1 Å². The third-order valence-corrected chi connectivity index (χ3v) is 4.94. The van der Waals surface area contributed by atoms with E-state index in [9.17, 15) is 17.6 Å². The molecule has 0 bridgehead atoms. The average molecular weight is 341 g/mol. The molecule has 0 aliphatic carbocycles. The molecule has 1 amide bonds. The van der Waals surface area contributed by atoms with Gasteiger partial charge in [-0.2, -0.15) is 10.1 Å². The van der Waals surface area contributed by atoms with E-state index in [1.807, 2.05) is 0 Å². The fraction of sp³-hybridized carbons (Fsp3) is 0.308. The van der Waals surface area contributed by atoms with Crippen LogP contribution in [0, 0.1) is 5.82 Å². The summed E-state index contributed by atoms with van der Waals surface area (Å²) in [5.74, 6) is -0.563. The largest absolute Gasteiger partial charge is 0.295 e. The van der Waals surface area contributed by atoms with Crippen LogP contribution in [0.2, 0.25) is 0 Å². The summed E-state index contributed by atoms with van der Waals surface area (Å²) in [4.78, 5) is 15.4. The number of H-pyrrole nitrogens is 1. The highest BCUT2D eigenvalue weighted by molar-refractivity contribution is 7.89. The highest BCUT2D eigenvalue weighted by atomic mass is 32.2. The fourth-order valence-electron chi connectivity index (χ4n) is 1.83. The number of benzene rings is 1. The zero-order valence-electron chi connectivity index (χ0n) is 12.4. The van der Waals surface area contributed by atoms with Crippen LogP contribution in [0.15, 0.2) is 35.5 Å². The van der Waals surface area contributed by atoms with Crippen molar-refractivity contribution >= 4 is 21.9 Å². The van der Waals surface area contributed by atoms with Crippen LogP contribution in [-0.2, 0) is 14.8 Å². The van der Waals surface area contributed by atoms with Gasteiger partial charge in [-0.3, -0.25) is 10.1 Å². The van der Waals surface area contributed by atoms with Crippen molar-refractivity contribution < 1.29 is 17.6 Å². The Morgan fingerprint density at radius 2 is 2.04 bits per heavy atom. The maximum atomic E-state index is 12.9. The van der Waals surface area contributed by atoms with Crippen molar-refractivity contribution in [2.75, 3.05) is 18.9 Å². The van der Waals surface area contributed by atoms with Gasteiger partial charge in [0.25, 0.3) is 0 Å². The lowest BCUT2D eigenvalue weighted by atomic mass is 10.3. The summed E-state index contributed by atoms with van der Waals surface area (Å²) in [5.41, 5.74) is 0. The second-order valence-electron chi connectivity index (χ2n) is 4.77. The van der Waals surface area contributed by atoms with Crippen molar-refractivity contribution in [1.29, 1.82) is 0 Å². The molecule has 10 heteroatoms. The molecule has 1 aromatic carbocycles. The minimum atomic E-state index is -3.70. The fourth-order valence-corrected chi connectivity index (χ4v) is 3.04. The summed E-state index contributed by atoms with van der Waals surface area (Å²) in [6, 6.07) is 4.59. The highest BCUT2D eigenvalue weighted by Crippen LogP contribution is 2.15. The molecule has 0 saturated carbocycles. The van der Waals surface area contributed by atoms with Crippen LogP contribution in [-0.4, -0.2) is 47.4 Å². The summed E-state index contributed by atoms with van der Waals surface area (Å²) in [6.07, 6.45) is 1.72. The lowest BCUT2D eigenvalue weighted by Gasteiger charge is -2.16. The minimum Gasteiger partial charge on any atom is -0.295 e. The van der Waals surface area contributed by atoms with Gasteiger partial charge in [0.2, 0.25) is 21.9 Å². The molecular formula is C13H16FN5O3S. The Kier molecular flexibility index (Phi) is 5.40. The second kappa shape index (κ2) is 7.29. The number of hydrogen-bond donors (Lipinski definition) is 2. The van der Waals surface area contributed by atoms with Gasteiger partial charge in [-0.25, -0.2) is 22.2 Å². The number of anilines is 1. The Morgan fingerprint density at radius 3 is 2.65 bits per heavy atom. The molecule has 0 atom stereocenters. The number of aromatic amines is 1. The monoisotopic (exact) mass is 341 g/mol. The molecule has 124 valence electrons. The second-order valence-corrected chi connectivity index (χ2v) is 6.81. The maximum Gasteiger partial charge on any atom is 0.242 e. The lowest BCUT2D eigenvalue weighted by Crippen LogP contribution is -2.28. The number of halogens is 1. The smallest absolute Gasteiger partial charge is 0.242 e. The number of sulfonamides is 1. The number of carbonyl (C=O) groups excluding carboxylic acids is 1. The van der Waals surface area contributed by atoms with Crippen molar-refractivity contribution in [2.24, 2.45) is 0 Å². The van der Waals surface area contributed by atoms with Crippen molar-refractivity contribution in [2.45, 2.75) is 17.7 Å². The zero-order valence-corrected chi connectivity index (χ0v) is 13.2. The first-order valence-corrected chi connectivity index (χ1v) is 8.21. The topological polar surface area (TPSA) is 108 Å². The molecule has 23 heavy (non-hydrogen) atoms. The highest BCUT2D eigenvalue weighted by Gasteiger charge is 2.20. The van der Waals surface area contributed by atoms with Crippen molar-refractivity contribution in [3.05, 3.63) is 36.4 Å². The van der Waals surface area contributed by atoms with Crippen molar-refractivity contribution in [1.82, 2.24) is 19.5 Å². The zero-order chi connectivity index (χ0) is 16.9. The van der Waals surface area contributed by atoms with Gasteiger partial charge in [-0.1, -0.05) is 0 Å². The molecule has 0 radical (unpaired) electrons. The number of amides is 1. The van der Waals surface area contributed by atoms with E-state index >= 15 is 0 Å². The number of nitrogens with zero attached hydrogens (tertiary/aromatic N) is 3. The van der Waals surface area contributed by atoms with Crippen LogP contribution >= 0.6 is 0 Å². The van der Waals surface area contributed by atoms with Gasteiger partial charge in [0.05, 0.1) is 4.90 Å². The molecule has 0 aliphatic rings. The summed E-state index contributed by atoms with van der Waals surface area (Å²) in [6.45, 7) is 0.156. The Balaban J connectivity index is 1.85. The maximum absolute atomic E-state index is 12.9. The van der Waals surface area contributed by atoms with Crippen LogP contribution in [0.5, 0.6) is 0 Å². The summed E-state index contributed by atoms with van der Waals surface area (Å²) >= 11 is 0. The predicted octanol–water partition coefficient (Wildman–Crippen LogP) is 0.983. The number of nitrogens with one attached hydrogen (secondary N) is 2. The third kappa shape index (κ3) is 4.57. The normalized spacial score (nSPS) is 11.6. The number of hydrogen-bond acceptors (Lipinski definition) is 5. The van der Waals surface area contributed by atoms with Crippen LogP contribution < -0.4 is 5.32 Å². The number of aromatic nitrogens is 3. The first kappa shape index (κ1) is 17.0. The molecule has 2 aromatic rings. The summed E-state index contributed by atoms with van der Waals surface area (Å²) < 4.78 is 38.5. The van der Waals surface area contributed by atoms with E-state index in [4.69, 9.17) is 0 Å². The molecule has 8 nitrogen and oxygen atoms in total. The third-order valence-electron chi connectivity index (χ3n) is 3.07. The van der Waals surface area contributed by atoms with Gasteiger partial charge < -0.3 is 0 Å². The molecule has 2 N–H and O–H groups in total. The molecule has 1 aromatic heterocycles. The first-order chi connectivity index (χ1) is 10.9. The molecule has 0 fully saturated rings. The molecule has 0 saturated heterocycles. The molecule has 0 aliphatic heterocycles. The van der Waals surface area contributed by atoms with Gasteiger partial charge in [-0.05, 0) is 30.7 Å². The van der Waals surface area contributed by atoms with E-state index in [1.54, 1.807) is 0 Å². The van der Waals surface area contributed by atoms with Gasteiger partial charge >= 0.3 is 0 Å². The average Bonchev–Trinajstić information content (AvgIpc) is 3.00. The van der Waals surface area contributed by atoms with E-state index in [-0.39, 0.29) is 29.7 Å². The molecule has 0 spiro atoms. The SMILES string of the molecule is CN(CCCC(=O)Nc1ncn[nH]1)S(=O)(=O)c1ccc(F)cc1. The Morgan fingerprint density at radius 1 is 1.35 bits per heavy atom. The Bertz CT molecular complexity index is 746. The molecule has 2 rings (SSSR count). The molecule has 1 heterocycles. The number of rotatable bonds is 7. The lowest BCUT2D eigenvalue weighted by molar-refractivity contribution is -0.116. The standard InChI is InChI=1S/C13H16FN5O3S/c1-19(23(21,22)11-6-4-10(14)5-7-11)8-2-3-12(20)17-13-15-9-16-18-13/h4-7,9H,2-3,8H2,1H3,(H2,15,16,17,18,20). The van der Waals surface area contributed by atoms with Gasteiger partial charge in [0, 0.05) is 20.0 Å². The van der Waals surface area contributed by atoms with E-state index in [2.05, 4.69) is 20.5 Å². The van der Waals surface area contributed by atoms with Crippen LogP contribution in [0.1, 0.15) is 12.8 Å². The van der Waals surface area contributed by atoms with E-state index < -0.39 is 15.8 Å². The van der Waals surface area contributed by atoms with E-state index in [0.29, 0.717) is 6.42 Å². The first-order valence-electron chi connectivity index (χ1n) is 6.77. The Hall–Kier alpha value is -2.33. The Labute approximate surface area is 132 Å². The number of carbonyl (C=O) groups is 1. The minimum absolute atomic E-state index is 0.00696. The van der Waals surface area contributed by atoms with Gasteiger partial charge in [-0.15, -0.1) is 0 Å². The quantitative estimate of drug-likeness (QED) is 0.780. The predicted molar refractivity (Wildman–Crippen MR) is 80.5 cm³/mol. The van der Waals surface area contributed by atoms with Crippen LogP contribution in [0.25, 0.3) is 0 Å². The van der Waals surface area contributed by atoms with Gasteiger partial charge in [0.15, 0.2) is 0 Å². The summed E-state index contributed by atoms with van der Waals surface area (Å²) in [5, 5.41) is 8.57. The van der Waals surface area contributed by atoms with Crippen LogP contribution in [0.4, 0.5) is 10.3 Å². The van der Waals surface area contributed by atoms with E-state index in [1.165, 1.54) is 25.5 Å². The van der Waals surface area contributed by atoms with E-state index in [0.717, 1.165) is 16.4 Å². The molecular weight excluding hydrogens is 325 g/mol. The summed E-state index contributed by atoms with van der Waals surface area (Å²) in [7, 11) is -2.29.